The molecule has 210 valence electrons. The van der Waals surface area contributed by atoms with Gasteiger partial charge in [0.05, 0.1) is 0 Å². The lowest BCUT2D eigenvalue weighted by Gasteiger charge is -2.26. The van der Waals surface area contributed by atoms with Crippen molar-refractivity contribution < 1.29 is 0 Å². The van der Waals surface area contributed by atoms with Crippen molar-refractivity contribution in [3.05, 3.63) is 179 Å². The second-order valence-corrected chi connectivity index (χ2v) is 11.0. The lowest BCUT2D eigenvalue weighted by Crippen LogP contribution is -2.09. The lowest BCUT2D eigenvalue weighted by molar-refractivity contribution is 1.27. The van der Waals surface area contributed by atoms with Crippen LogP contribution in [0.2, 0.25) is 0 Å². The van der Waals surface area contributed by atoms with Crippen LogP contribution >= 0.6 is 0 Å². The van der Waals surface area contributed by atoms with Gasteiger partial charge in [-0.15, -0.1) is 0 Å². The summed E-state index contributed by atoms with van der Waals surface area (Å²) in [6.07, 6.45) is 4.35. The smallest absolute Gasteiger partial charge is 0.0462 e. The molecule has 0 aromatic heterocycles. The van der Waals surface area contributed by atoms with Crippen LogP contribution in [0.15, 0.2) is 152 Å². The van der Waals surface area contributed by atoms with Crippen molar-refractivity contribution in [2.24, 2.45) is 0 Å². The molecule has 0 aliphatic carbocycles. The maximum absolute atomic E-state index is 2.30. The predicted octanol–water partition coefficient (Wildman–Crippen LogP) is 11.7. The summed E-state index contributed by atoms with van der Waals surface area (Å²) in [6, 6.07) is 54.1. The van der Waals surface area contributed by atoms with E-state index in [4.69, 9.17) is 0 Å². The van der Waals surface area contributed by atoms with Crippen LogP contribution in [0.1, 0.15) is 27.8 Å². The molecule has 6 rings (SSSR count). The van der Waals surface area contributed by atoms with Crippen molar-refractivity contribution in [1.82, 2.24) is 0 Å². The summed E-state index contributed by atoms with van der Waals surface area (Å²) in [6.45, 7) is 6.37. The van der Waals surface area contributed by atoms with E-state index < -0.39 is 0 Å². The zero-order chi connectivity index (χ0) is 29.6. The number of rotatable bonds is 8. The molecule has 43 heavy (non-hydrogen) atoms. The minimum absolute atomic E-state index is 1.13. The summed E-state index contributed by atoms with van der Waals surface area (Å²) in [5.74, 6) is 0. The summed E-state index contributed by atoms with van der Waals surface area (Å²) >= 11 is 0. The van der Waals surface area contributed by atoms with Gasteiger partial charge in [-0.1, -0.05) is 108 Å². The Labute approximate surface area is 255 Å². The van der Waals surface area contributed by atoms with Crippen LogP contribution in [-0.2, 0) is 0 Å². The van der Waals surface area contributed by atoms with Gasteiger partial charge in [0.15, 0.2) is 0 Å². The van der Waals surface area contributed by atoms with E-state index >= 15 is 0 Å². The number of hydrogen-bond acceptors (Lipinski definition) is 2. The summed E-state index contributed by atoms with van der Waals surface area (Å²) in [4.78, 5) is 4.59. The van der Waals surface area contributed by atoms with Crippen molar-refractivity contribution in [2.45, 2.75) is 20.8 Å². The monoisotopic (exact) mass is 556 g/mol. The first-order valence-corrected chi connectivity index (χ1v) is 14.8. The molecular weight excluding hydrogens is 520 g/mol. The highest BCUT2D eigenvalue weighted by atomic mass is 15.1. The van der Waals surface area contributed by atoms with E-state index in [1.807, 2.05) is 0 Å². The molecule has 6 aromatic carbocycles. The summed E-state index contributed by atoms with van der Waals surface area (Å²) < 4.78 is 0. The van der Waals surface area contributed by atoms with Gasteiger partial charge < -0.3 is 9.80 Å². The van der Waals surface area contributed by atoms with Gasteiger partial charge in [-0.2, -0.15) is 0 Å². The van der Waals surface area contributed by atoms with Crippen molar-refractivity contribution in [3.8, 4) is 0 Å². The summed E-state index contributed by atoms with van der Waals surface area (Å²) in [7, 11) is 0. The molecule has 0 aliphatic rings. The Hall–Kier alpha value is -5.34. The van der Waals surface area contributed by atoms with Crippen molar-refractivity contribution in [3.63, 3.8) is 0 Å². The molecule has 0 fully saturated rings. The fourth-order valence-corrected chi connectivity index (χ4v) is 5.21. The van der Waals surface area contributed by atoms with E-state index in [0.29, 0.717) is 0 Å². The second-order valence-electron chi connectivity index (χ2n) is 11.0. The van der Waals surface area contributed by atoms with E-state index in [-0.39, 0.29) is 0 Å². The van der Waals surface area contributed by atoms with Gasteiger partial charge in [0.25, 0.3) is 0 Å². The Morgan fingerprint density at radius 3 is 0.860 bits per heavy atom. The Morgan fingerprint density at radius 2 is 0.558 bits per heavy atom. The molecular formula is C41H36N2. The Morgan fingerprint density at radius 1 is 0.302 bits per heavy atom. The molecule has 0 saturated heterocycles. The van der Waals surface area contributed by atoms with Gasteiger partial charge in [-0.3, -0.25) is 0 Å². The molecule has 0 amide bonds. The van der Waals surface area contributed by atoms with E-state index in [9.17, 15) is 0 Å². The highest BCUT2D eigenvalue weighted by molar-refractivity contribution is 5.80. The Balaban J connectivity index is 1.23. The molecule has 0 radical (unpaired) electrons. The van der Waals surface area contributed by atoms with Gasteiger partial charge >= 0.3 is 0 Å². The molecule has 2 heteroatoms. The van der Waals surface area contributed by atoms with Crippen LogP contribution in [0.25, 0.3) is 12.2 Å². The van der Waals surface area contributed by atoms with Crippen LogP contribution < -0.4 is 9.80 Å². The quantitative estimate of drug-likeness (QED) is 0.172. The van der Waals surface area contributed by atoms with Gasteiger partial charge in [-0.05, 0) is 105 Å². The average molecular weight is 557 g/mol. The van der Waals surface area contributed by atoms with Crippen LogP contribution in [0.5, 0.6) is 0 Å². The highest BCUT2D eigenvalue weighted by Crippen LogP contribution is 2.36. The van der Waals surface area contributed by atoms with Crippen LogP contribution in [0.4, 0.5) is 34.1 Å². The zero-order valence-corrected chi connectivity index (χ0v) is 25.0. The SMILES string of the molecule is Cc1ccc(N(c2ccccc2)c2ccc(/C=C/c3ccc(N(c4ccc(C)cc4)c4ccc(C)cc4)cc3)cc2)cc1. The normalized spacial score (nSPS) is 11.0. The van der Waals surface area contributed by atoms with E-state index in [0.717, 1.165) is 45.3 Å². The largest absolute Gasteiger partial charge is 0.311 e. The van der Waals surface area contributed by atoms with Gasteiger partial charge in [0.1, 0.15) is 0 Å². The fraction of sp³-hybridized carbons (Fsp3) is 0.0732. The number of para-hydroxylation sites is 1. The second kappa shape index (κ2) is 12.7. The van der Waals surface area contributed by atoms with Crippen molar-refractivity contribution >= 4 is 46.3 Å². The molecule has 0 aliphatic heterocycles. The standard InChI is InChI=1S/C41H36N2/c1-31-9-21-37(22-10-31)42(36-7-5-4-6-8-36)40-27-17-34(18-28-40)15-16-35-19-29-41(30-20-35)43(38-23-11-32(2)12-24-38)39-25-13-33(3)14-26-39/h4-30H,1-3H3/b16-15+. The van der Waals surface area contributed by atoms with Crippen LogP contribution in [-0.4, -0.2) is 0 Å². The third-order valence-corrected chi connectivity index (χ3v) is 7.66. The minimum atomic E-state index is 1.13. The first-order chi connectivity index (χ1) is 21.0. The zero-order valence-electron chi connectivity index (χ0n) is 25.0. The third-order valence-electron chi connectivity index (χ3n) is 7.66. The minimum Gasteiger partial charge on any atom is -0.311 e. The Bertz CT molecular complexity index is 1740. The summed E-state index contributed by atoms with van der Waals surface area (Å²) in [5, 5.41) is 0. The highest BCUT2D eigenvalue weighted by Gasteiger charge is 2.13. The molecule has 2 nitrogen and oxygen atoms in total. The predicted molar refractivity (Wildman–Crippen MR) is 185 cm³/mol. The number of benzene rings is 6. The topological polar surface area (TPSA) is 6.48 Å². The Kier molecular flexibility index (Phi) is 8.19. The first-order valence-electron chi connectivity index (χ1n) is 14.8. The number of anilines is 6. The van der Waals surface area contributed by atoms with Gasteiger partial charge in [0.2, 0.25) is 0 Å². The molecule has 0 heterocycles. The number of nitrogens with zero attached hydrogens (tertiary/aromatic N) is 2. The van der Waals surface area contributed by atoms with Crippen LogP contribution in [0.3, 0.4) is 0 Å². The summed E-state index contributed by atoms with van der Waals surface area (Å²) in [5.41, 5.74) is 12.9. The molecule has 0 saturated carbocycles. The fourth-order valence-electron chi connectivity index (χ4n) is 5.21. The van der Waals surface area contributed by atoms with Crippen LogP contribution in [0, 0.1) is 20.8 Å². The average Bonchev–Trinajstić information content (AvgIpc) is 3.05. The molecule has 0 unspecified atom stereocenters. The van der Waals surface area contributed by atoms with E-state index in [2.05, 4.69) is 194 Å². The van der Waals surface area contributed by atoms with Crippen molar-refractivity contribution in [1.29, 1.82) is 0 Å². The van der Waals surface area contributed by atoms with Crippen molar-refractivity contribution in [2.75, 3.05) is 9.80 Å². The molecule has 0 N–H and O–H groups in total. The molecule has 0 spiro atoms. The molecule has 0 bridgehead atoms. The lowest BCUT2D eigenvalue weighted by atomic mass is 10.1. The van der Waals surface area contributed by atoms with E-state index in [1.54, 1.807) is 0 Å². The first kappa shape index (κ1) is 27.8. The van der Waals surface area contributed by atoms with Gasteiger partial charge in [0, 0.05) is 34.1 Å². The maximum Gasteiger partial charge on any atom is 0.0462 e. The molecule has 0 atom stereocenters. The molecule has 6 aromatic rings. The number of hydrogen-bond donors (Lipinski definition) is 0. The van der Waals surface area contributed by atoms with E-state index in [1.165, 1.54) is 16.7 Å². The van der Waals surface area contributed by atoms with Gasteiger partial charge in [-0.25, -0.2) is 0 Å². The number of aryl methyl sites for hydroxylation is 3. The maximum atomic E-state index is 2.30. The third kappa shape index (κ3) is 6.60.